The van der Waals surface area contributed by atoms with Crippen LogP contribution in [0.4, 0.5) is 0 Å². The van der Waals surface area contributed by atoms with Crippen LogP contribution in [0.3, 0.4) is 0 Å². The molecule has 0 unspecified atom stereocenters. The minimum Gasteiger partial charge on any atom is -0.391 e. The number of rotatable bonds is 4. The summed E-state index contributed by atoms with van der Waals surface area (Å²) in [6, 6.07) is 13.1. The lowest BCUT2D eigenvalue weighted by Gasteiger charge is -1.99. The maximum absolute atomic E-state index is 5.77. The molecule has 1 aromatic heterocycles. The summed E-state index contributed by atoms with van der Waals surface area (Å²) in [5.41, 5.74) is 1.79. The molecule has 0 fully saturated rings. The predicted molar refractivity (Wildman–Crippen MR) is 68.1 cm³/mol. The van der Waals surface area contributed by atoms with Gasteiger partial charge in [0.2, 0.25) is 0 Å². The summed E-state index contributed by atoms with van der Waals surface area (Å²) >= 11 is 5.77. The fourth-order valence-corrected chi connectivity index (χ4v) is 1.36. The quantitative estimate of drug-likeness (QED) is 0.613. The Morgan fingerprint density at radius 1 is 1.18 bits per heavy atom. The van der Waals surface area contributed by atoms with Crippen molar-refractivity contribution in [2.45, 2.75) is 6.61 Å². The Kier molecular flexibility index (Phi) is 4.11. The van der Waals surface area contributed by atoms with Crippen LogP contribution in [0.1, 0.15) is 11.3 Å². The molecule has 2 aromatic rings. The van der Waals surface area contributed by atoms with Gasteiger partial charge in [0.1, 0.15) is 6.61 Å². The minimum absolute atomic E-state index is 0.417. The number of aromatic nitrogens is 1. The normalized spacial score (nSPS) is 10.6. The van der Waals surface area contributed by atoms with E-state index in [1.807, 2.05) is 42.5 Å². The highest BCUT2D eigenvalue weighted by Gasteiger charge is 1.92. The zero-order chi connectivity index (χ0) is 11.9. The van der Waals surface area contributed by atoms with Crippen LogP contribution in [0.25, 0.3) is 0 Å². The van der Waals surface area contributed by atoms with Crippen molar-refractivity contribution < 1.29 is 4.84 Å². The van der Waals surface area contributed by atoms with Gasteiger partial charge in [0, 0.05) is 11.2 Å². The van der Waals surface area contributed by atoms with Gasteiger partial charge in [-0.15, -0.1) is 0 Å². The summed E-state index contributed by atoms with van der Waals surface area (Å²) < 4.78 is 0. The molecule has 0 bridgehead atoms. The highest BCUT2D eigenvalue weighted by atomic mass is 35.5. The van der Waals surface area contributed by atoms with E-state index in [2.05, 4.69) is 10.1 Å². The average Bonchev–Trinajstić information content (AvgIpc) is 2.38. The molecule has 0 N–H and O–H groups in total. The van der Waals surface area contributed by atoms with Gasteiger partial charge in [-0.25, -0.2) is 0 Å². The molecule has 0 radical (unpaired) electrons. The zero-order valence-electron chi connectivity index (χ0n) is 9.08. The largest absolute Gasteiger partial charge is 0.391 e. The van der Waals surface area contributed by atoms with Gasteiger partial charge >= 0.3 is 0 Å². The molecule has 0 spiro atoms. The summed E-state index contributed by atoms with van der Waals surface area (Å²) in [6.07, 6.45) is 3.29. The lowest BCUT2D eigenvalue weighted by Crippen LogP contribution is -1.89. The Balaban J connectivity index is 1.84. The van der Waals surface area contributed by atoms with E-state index in [0.717, 1.165) is 11.3 Å². The third-order valence-corrected chi connectivity index (χ3v) is 2.34. The number of hydrogen-bond donors (Lipinski definition) is 0. The van der Waals surface area contributed by atoms with E-state index in [0.29, 0.717) is 11.6 Å². The maximum Gasteiger partial charge on any atom is 0.142 e. The van der Waals surface area contributed by atoms with E-state index < -0.39 is 0 Å². The fraction of sp³-hybridized carbons (Fsp3) is 0.0769. The molecule has 0 atom stereocenters. The van der Waals surface area contributed by atoms with Crippen molar-refractivity contribution in [3.05, 3.63) is 64.9 Å². The number of nitrogens with zero attached hydrogens (tertiary/aromatic N) is 2. The molecule has 1 heterocycles. The lowest BCUT2D eigenvalue weighted by atomic mass is 10.2. The molecule has 0 aliphatic heterocycles. The molecule has 86 valence electrons. The molecule has 1 aromatic carbocycles. The zero-order valence-corrected chi connectivity index (χ0v) is 9.84. The number of oxime groups is 1. The van der Waals surface area contributed by atoms with Gasteiger partial charge < -0.3 is 4.84 Å². The average molecular weight is 247 g/mol. The predicted octanol–water partition coefficient (Wildman–Crippen LogP) is 3.29. The molecular weight excluding hydrogens is 236 g/mol. The van der Waals surface area contributed by atoms with Crippen molar-refractivity contribution in [1.82, 2.24) is 4.98 Å². The molecule has 0 saturated carbocycles. The highest BCUT2D eigenvalue weighted by Crippen LogP contribution is 2.10. The van der Waals surface area contributed by atoms with Gasteiger partial charge in [-0.05, 0) is 29.8 Å². The Labute approximate surface area is 105 Å². The van der Waals surface area contributed by atoms with Crippen LogP contribution in [0.2, 0.25) is 5.02 Å². The van der Waals surface area contributed by atoms with Crippen molar-refractivity contribution >= 4 is 17.8 Å². The summed E-state index contributed by atoms with van der Waals surface area (Å²) in [5.74, 6) is 0. The van der Waals surface area contributed by atoms with E-state index in [4.69, 9.17) is 16.4 Å². The SMILES string of the molecule is Clc1ccc(CO/N=C/c2ccccn2)cc1. The highest BCUT2D eigenvalue weighted by molar-refractivity contribution is 6.30. The van der Waals surface area contributed by atoms with Gasteiger partial charge in [-0.1, -0.05) is 35.0 Å². The van der Waals surface area contributed by atoms with E-state index in [9.17, 15) is 0 Å². The third-order valence-electron chi connectivity index (χ3n) is 2.09. The number of hydrogen-bond acceptors (Lipinski definition) is 3. The van der Waals surface area contributed by atoms with Gasteiger partial charge in [-0.2, -0.15) is 0 Å². The Hall–Kier alpha value is -1.87. The van der Waals surface area contributed by atoms with Crippen molar-refractivity contribution in [3.63, 3.8) is 0 Å². The summed E-state index contributed by atoms with van der Waals surface area (Å²) in [6.45, 7) is 0.417. The molecule has 17 heavy (non-hydrogen) atoms. The van der Waals surface area contributed by atoms with Crippen LogP contribution < -0.4 is 0 Å². The van der Waals surface area contributed by atoms with Crippen LogP contribution >= 0.6 is 11.6 Å². The number of pyridine rings is 1. The van der Waals surface area contributed by atoms with Crippen molar-refractivity contribution in [1.29, 1.82) is 0 Å². The van der Waals surface area contributed by atoms with E-state index in [-0.39, 0.29) is 0 Å². The monoisotopic (exact) mass is 246 g/mol. The number of halogens is 1. The topological polar surface area (TPSA) is 34.5 Å². The van der Waals surface area contributed by atoms with E-state index in [1.165, 1.54) is 0 Å². The Bertz CT molecular complexity index is 483. The lowest BCUT2D eigenvalue weighted by molar-refractivity contribution is 0.132. The smallest absolute Gasteiger partial charge is 0.142 e. The molecule has 0 aliphatic rings. The van der Waals surface area contributed by atoms with Crippen LogP contribution in [0, 0.1) is 0 Å². The molecule has 0 aliphatic carbocycles. The third kappa shape index (κ3) is 3.89. The maximum atomic E-state index is 5.77. The first-order valence-corrected chi connectivity index (χ1v) is 5.53. The standard InChI is InChI=1S/C13H11ClN2O/c14-12-6-4-11(5-7-12)10-17-16-9-13-3-1-2-8-15-13/h1-9H,10H2/b16-9+. The molecule has 0 amide bonds. The molecular formula is C13H11ClN2O. The Morgan fingerprint density at radius 2 is 2.00 bits per heavy atom. The number of benzene rings is 1. The molecule has 0 saturated heterocycles. The first-order chi connectivity index (χ1) is 8.34. The van der Waals surface area contributed by atoms with Gasteiger partial charge in [-0.3, -0.25) is 4.98 Å². The van der Waals surface area contributed by atoms with Crippen molar-refractivity contribution in [2.24, 2.45) is 5.16 Å². The summed E-state index contributed by atoms with van der Waals surface area (Å²) in [7, 11) is 0. The van der Waals surface area contributed by atoms with Gasteiger partial charge in [0.15, 0.2) is 0 Å². The second-order valence-corrected chi connectivity index (χ2v) is 3.83. The van der Waals surface area contributed by atoms with Crippen LogP contribution in [0.15, 0.2) is 53.8 Å². The first kappa shape index (κ1) is 11.6. The molecule has 2 rings (SSSR count). The summed E-state index contributed by atoms with van der Waals surface area (Å²) in [4.78, 5) is 9.24. The summed E-state index contributed by atoms with van der Waals surface area (Å²) in [5, 5.41) is 4.55. The van der Waals surface area contributed by atoms with E-state index >= 15 is 0 Å². The first-order valence-electron chi connectivity index (χ1n) is 5.15. The second kappa shape index (κ2) is 6.01. The van der Waals surface area contributed by atoms with Crippen LogP contribution in [-0.2, 0) is 11.4 Å². The molecule has 4 heteroatoms. The van der Waals surface area contributed by atoms with Crippen LogP contribution in [0.5, 0.6) is 0 Å². The van der Waals surface area contributed by atoms with Gasteiger partial charge in [0.05, 0.1) is 11.9 Å². The Morgan fingerprint density at radius 3 is 2.71 bits per heavy atom. The second-order valence-electron chi connectivity index (χ2n) is 3.39. The van der Waals surface area contributed by atoms with Crippen molar-refractivity contribution in [2.75, 3.05) is 0 Å². The fourth-order valence-electron chi connectivity index (χ4n) is 1.24. The van der Waals surface area contributed by atoms with E-state index in [1.54, 1.807) is 12.4 Å². The van der Waals surface area contributed by atoms with Gasteiger partial charge in [0.25, 0.3) is 0 Å². The minimum atomic E-state index is 0.417. The van der Waals surface area contributed by atoms with Crippen molar-refractivity contribution in [3.8, 4) is 0 Å². The van der Waals surface area contributed by atoms with Crippen LogP contribution in [-0.4, -0.2) is 11.2 Å². The molecule has 3 nitrogen and oxygen atoms in total.